The average molecular weight is 513 g/mol. The molecule has 36 heavy (non-hydrogen) atoms. The highest BCUT2D eigenvalue weighted by atomic mass is 32.2. The van der Waals surface area contributed by atoms with Crippen molar-refractivity contribution in [3.8, 4) is 17.2 Å². The predicted octanol–water partition coefficient (Wildman–Crippen LogP) is 4.31. The van der Waals surface area contributed by atoms with E-state index in [4.69, 9.17) is 14.2 Å². The number of rotatable bonds is 11. The van der Waals surface area contributed by atoms with E-state index < -0.39 is 22.5 Å². The molecule has 0 atom stereocenters. The summed E-state index contributed by atoms with van der Waals surface area (Å²) in [7, 11) is -1.18. The van der Waals surface area contributed by atoms with Crippen molar-refractivity contribution in [3.63, 3.8) is 0 Å². The van der Waals surface area contributed by atoms with Crippen molar-refractivity contribution in [1.82, 2.24) is 5.32 Å². The summed E-state index contributed by atoms with van der Waals surface area (Å²) in [6.45, 7) is 5.54. The Bertz CT molecular complexity index is 1270. The van der Waals surface area contributed by atoms with E-state index >= 15 is 0 Å². The number of aryl methyl sites for hydroxylation is 1. The van der Waals surface area contributed by atoms with E-state index in [1.165, 1.54) is 32.4 Å². The number of amides is 1. The van der Waals surface area contributed by atoms with Crippen LogP contribution in [0.3, 0.4) is 0 Å². The highest BCUT2D eigenvalue weighted by molar-refractivity contribution is 7.92. The van der Waals surface area contributed by atoms with Gasteiger partial charge < -0.3 is 19.5 Å². The Hall–Kier alpha value is -3.72. The van der Waals surface area contributed by atoms with Crippen molar-refractivity contribution < 1.29 is 27.4 Å². The quantitative estimate of drug-likeness (QED) is 0.412. The molecule has 0 bridgehead atoms. The number of carbonyl (C=O) groups excluding carboxylic acids is 1. The maximum Gasteiger partial charge on any atom is 0.264 e. The number of ether oxygens (including phenoxy) is 3. The molecule has 9 heteroatoms. The number of nitrogens with zero attached hydrogens (tertiary/aromatic N) is 1. The molecule has 192 valence electrons. The minimum absolute atomic E-state index is 0.0608. The smallest absolute Gasteiger partial charge is 0.264 e. The monoisotopic (exact) mass is 512 g/mol. The summed E-state index contributed by atoms with van der Waals surface area (Å²) < 4.78 is 44.8. The van der Waals surface area contributed by atoms with Crippen LogP contribution in [0.25, 0.3) is 0 Å². The lowest BCUT2D eigenvalue weighted by atomic mass is 10.2. The van der Waals surface area contributed by atoms with E-state index in [9.17, 15) is 13.2 Å². The van der Waals surface area contributed by atoms with Gasteiger partial charge in [0, 0.05) is 12.6 Å². The summed E-state index contributed by atoms with van der Waals surface area (Å²) in [5.74, 6) is 0.984. The maximum atomic E-state index is 13.7. The number of hydrogen-bond donors (Lipinski definition) is 1. The van der Waals surface area contributed by atoms with Gasteiger partial charge in [0.05, 0.1) is 30.9 Å². The molecule has 0 fully saturated rings. The van der Waals surface area contributed by atoms with Gasteiger partial charge in [-0.1, -0.05) is 29.8 Å². The van der Waals surface area contributed by atoms with Gasteiger partial charge in [0.25, 0.3) is 10.0 Å². The number of hydrogen-bond acceptors (Lipinski definition) is 6. The molecule has 0 aliphatic rings. The Kier molecular flexibility index (Phi) is 8.82. The molecule has 0 saturated carbocycles. The molecule has 1 amide bonds. The third-order valence-corrected chi connectivity index (χ3v) is 7.11. The number of anilines is 1. The fourth-order valence-electron chi connectivity index (χ4n) is 3.47. The van der Waals surface area contributed by atoms with Gasteiger partial charge in [-0.3, -0.25) is 9.10 Å². The van der Waals surface area contributed by atoms with Gasteiger partial charge in [-0.15, -0.1) is 0 Å². The van der Waals surface area contributed by atoms with Gasteiger partial charge in [0.2, 0.25) is 5.91 Å². The topological polar surface area (TPSA) is 94.2 Å². The predicted molar refractivity (Wildman–Crippen MR) is 139 cm³/mol. The van der Waals surface area contributed by atoms with Gasteiger partial charge in [-0.05, 0) is 62.7 Å². The maximum absolute atomic E-state index is 13.7. The fourth-order valence-corrected chi connectivity index (χ4v) is 4.90. The Morgan fingerprint density at radius 1 is 0.917 bits per heavy atom. The summed E-state index contributed by atoms with van der Waals surface area (Å²) in [5, 5.41) is 2.80. The van der Waals surface area contributed by atoms with Gasteiger partial charge in [-0.2, -0.15) is 0 Å². The molecule has 0 heterocycles. The van der Waals surface area contributed by atoms with Crippen molar-refractivity contribution in [2.75, 3.05) is 25.1 Å². The molecule has 0 spiro atoms. The number of sulfonamides is 1. The first-order valence-electron chi connectivity index (χ1n) is 11.5. The molecule has 0 radical (unpaired) electrons. The molecule has 1 N–H and O–H groups in total. The number of carbonyl (C=O) groups is 1. The highest BCUT2D eigenvalue weighted by Crippen LogP contribution is 2.35. The van der Waals surface area contributed by atoms with Gasteiger partial charge in [0.15, 0.2) is 0 Å². The van der Waals surface area contributed by atoms with Crippen molar-refractivity contribution in [2.45, 2.75) is 38.3 Å². The molecule has 3 aromatic carbocycles. The van der Waals surface area contributed by atoms with Crippen LogP contribution >= 0.6 is 0 Å². The van der Waals surface area contributed by atoms with Gasteiger partial charge in [-0.25, -0.2) is 8.42 Å². The molecule has 0 aliphatic carbocycles. The van der Waals surface area contributed by atoms with E-state index in [2.05, 4.69) is 5.32 Å². The first-order chi connectivity index (χ1) is 17.1. The number of nitrogens with one attached hydrogen (secondary N) is 1. The van der Waals surface area contributed by atoms with E-state index in [-0.39, 0.29) is 23.2 Å². The third-order valence-electron chi connectivity index (χ3n) is 5.34. The van der Waals surface area contributed by atoms with Crippen molar-refractivity contribution in [3.05, 3.63) is 77.9 Å². The molecular weight excluding hydrogens is 480 g/mol. The van der Waals surface area contributed by atoms with Crippen LogP contribution in [0, 0.1) is 6.92 Å². The minimum atomic E-state index is -4.10. The van der Waals surface area contributed by atoms with Crippen LogP contribution in [0.4, 0.5) is 5.69 Å². The lowest BCUT2D eigenvalue weighted by Gasteiger charge is -2.26. The minimum Gasteiger partial charge on any atom is -0.497 e. The van der Waals surface area contributed by atoms with Crippen molar-refractivity contribution in [2.24, 2.45) is 0 Å². The van der Waals surface area contributed by atoms with Crippen LogP contribution in [0.1, 0.15) is 25.0 Å². The normalized spacial score (nSPS) is 11.2. The summed E-state index contributed by atoms with van der Waals surface area (Å²) >= 11 is 0. The second kappa shape index (κ2) is 11.8. The van der Waals surface area contributed by atoms with Crippen molar-refractivity contribution >= 4 is 21.6 Å². The molecule has 3 aromatic rings. The fraction of sp³-hybridized carbons (Fsp3) is 0.296. The zero-order valence-electron chi connectivity index (χ0n) is 21.1. The lowest BCUT2D eigenvalue weighted by molar-refractivity contribution is -0.119. The molecule has 0 unspecified atom stereocenters. The summed E-state index contributed by atoms with van der Waals surface area (Å²) in [5.41, 5.74) is 1.97. The number of benzene rings is 3. The average Bonchev–Trinajstić information content (AvgIpc) is 2.86. The second-order valence-electron chi connectivity index (χ2n) is 8.45. The SMILES string of the molecule is COc1ccc(OC)c(N(CC(=O)NCc2ccc(OC(C)C)cc2)S(=O)(=O)c2ccc(C)cc2)c1. The summed E-state index contributed by atoms with van der Waals surface area (Å²) in [4.78, 5) is 13.0. The zero-order valence-corrected chi connectivity index (χ0v) is 22.0. The van der Waals surface area contributed by atoms with E-state index in [1.54, 1.807) is 24.3 Å². The Morgan fingerprint density at radius 2 is 1.56 bits per heavy atom. The van der Waals surface area contributed by atoms with Gasteiger partial charge >= 0.3 is 0 Å². The molecule has 8 nitrogen and oxygen atoms in total. The molecule has 3 rings (SSSR count). The van der Waals surface area contributed by atoms with Crippen LogP contribution in [0.2, 0.25) is 0 Å². The van der Waals surface area contributed by atoms with Crippen LogP contribution in [0.5, 0.6) is 17.2 Å². The molecule has 0 saturated heterocycles. The third kappa shape index (κ3) is 6.69. The summed E-state index contributed by atoms with van der Waals surface area (Å²) in [6, 6.07) is 18.6. The largest absolute Gasteiger partial charge is 0.497 e. The summed E-state index contributed by atoms with van der Waals surface area (Å²) in [6.07, 6.45) is 0.0608. The Morgan fingerprint density at radius 3 is 2.14 bits per heavy atom. The van der Waals surface area contributed by atoms with Crippen LogP contribution in [-0.2, 0) is 21.4 Å². The van der Waals surface area contributed by atoms with E-state index in [0.29, 0.717) is 11.5 Å². The molecular formula is C27H32N2O6S. The van der Waals surface area contributed by atoms with Crippen molar-refractivity contribution in [1.29, 1.82) is 0 Å². The standard InChI is InChI=1S/C27H32N2O6S/c1-19(2)35-22-10-8-21(9-11-22)17-28-27(30)18-29(25-16-23(33-4)12-15-26(25)34-5)36(31,32)24-13-6-20(3)7-14-24/h6-16,19H,17-18H2,1-5H3,(H,28,30). The van der Waals surface area contributed by atoms with Crippen LogP contribution in [-0.4, -0.2) is 41.2 Å². The second-order valence-corrected chi connectivity index (χ2v) is 10.3. The van der Waals surface area contributed by atoms with Crippen LogP contribution in [0.15, 0.2) is 71.6 Å². The number of methoxy groups -OCH3 is 2. The Labute approximate surface area is 212 Å². The van der Waals surface area contributed by atoms with Crippen LogP contribution < -0.4 is 23.8 Å². The zero-order chi connectivity index (χ0) is 26.3. The van der Waals surface area contributed by atoms with E-state index in [1.807, 2.05) is 45.0 Å². The molecule has 0 aromatic heterocycles. The first kappa shape index (κ1) is 26.9. The Balaban J connectivity index is 1.87. The van der Waals surface area contributed by atoms with E-state index in [0.717, 1.165) is 21.2 Å². The van der Waals surface area contributed by atoms with Gasteiger partial charge in [0.1, 0.15) is 23.8 Å². The molecule has 0 aliphatic heterocycles. The highest BCUT2D eigenvalue weighted by Gasteiger charge is 2.30. The first-order valence-corrected chi connectivity index (χ1v) is 12.9. The lowest BCUT2D eigenvalue weighted by Crippen LogP contribution is -2.40.